The third-order valence-corrected chi connectivity index (χ3v) is 3.91. The van der Waals surface area contributed by atoms with Crippen LogP contribution in [0.25, 0.3) is 11.3 Å². The summed E-state index contributed by atoms with van der Waals surface area (Å²) < 4.78 is 12.8. The first-order chi connectivity index (χ1) is 10.3. The summed E-state index contributed by atoms with van der Waals surface area (Å²) in [6, 6.07) is 14.2. The molecule has 104 valence electrons. The smallest absolute Gasteiger partial charge is 0.123 e. The summed E-state index contributed by atoms with van der Waals surface area (Å²) in [5.74, 6) is 0.522. The van der Waals surface area contributed by atoms with Gasteiger partial charge < -0.3 is 0 Å². The van der Waals surface area contributed by atoms with Crippen LogP contribution in [0.3, 0.4) is 0 Å². The molecular weight excluding hydrogens is 285 g/mol. The average molecular weight is 297 g/mol. The van der Waals surface area contributed by atoms with E-state index in [9.17, 15) is 4.39 Å². The van der Waals surface area contributed by atoms with Gasteiger partial charge in [-0.1, -0.05) is 23.9 Å². The Kier molecular flexibility index (Phi) is 4.21. The first-order valence-electron chi connectivity index (χ1n) is 6.43. The van der Waals surface area contributed by atoms with Crippen molar-refractivity contribution in [2.45, 2.75) is 10.8 Å². The summed E-state index contributed by atoms with van der Waals surface area (Å²) in [4.78, 5) is 3.98. The van der Waals surface area contributed by atoms with Crippen molar-refractivity contribution in [3.8, 4) is 11.3 Å². The van der Waals surface area contributed by atoms with E-state index in [-0.39, 0.29) is 5.82 Å². The maximum absolute atomic E-state index is 12.8. The molecule has 0 spiro atoms. The fraction of sp³-hybridized carbons (Fsp3) is 0.0625. The van der Waals surface area contributed by atoms with E-state index in [0.717, 1.165) is 27.6 Å². The number of aromatic nitrogens is 3. The molecule has 0 radical (unpaired) electrons. The molecule has 3 aromatic rings. The van der Waals surface area contributed by atoms with E-state index in [1.807, 2.05) is 24.3 Å². The van der Waals surface area contributed by atoms with E-state index >= 15 is 0 Å². The first kappa shape index (κ1) is 13.7. The van der Waals surface area contributed by atoms with Crippen LogP contribution < -0.4 is 0 Å². The van der Waals surface area contributed by atoms with Crippen LogP contribution in [0.15, 0.2) is 66.0 Å². The van der Waals surface area contributed by atoms with Gasteiger partial charge in [0, 0.05) is 23.7 Å². The predicted octanol–water partition coefficient (Wildman–Crippen LogP) is 3.97. The van der Waals surface area contributed by atoms with Crippen molar-refractivity contribution < 1.29 is 4.39 Å². The lowest BCUT2D eigenvalue weighted by Crippen LogP contribution is -1.90. The van der Waals surface area contributed by atoms with Gasteiger partial charge in [-0.05, 0) is 42.0 Å². The number of rotatable bonds is 4. The molecule has 0 atom stereocenters. The summed E-state index contributed by atoms with van der Waals surface area (Å²) >= 11 is 1.57. The molecular formula is C16H12FN3S. The number of thioether (sulfide) groups is 1. The molecule has 5 heteroatoms. The molecule has 0 bridgehead atoms. The summed E-state index contributed by atoms with van der Waals surface area (Å²) in [6.07, 6.45) is 3.46. The Bertz CT molecular complexity index is 700. The van der Waals surface area contributed by atoms with Crippen LogP contribution in [0.4, 0.5) is 4.39 Å². The Balaban J connectivity index is 1.66. The van der Waals surface area contributed by atoms with E-state index in [1.54, 1.807) is 36.3 Å². The topological polar surface area (TPSA) is 38.7 Å². The summed E-state index contributed by atoms with van der Waals surface area (Å²) in [6.45, 7) is 0. The van der Waals surface area contributed by atoms with E-state index in [4.69, 9.17) is 0 Å². The predicted molar refractivity (Wildman–Crippen MR) is 81.2 cm³/mol. The normalized spacial score (nSPS) is 10.5. The second-order valence-corrected chi connectivity index (χ2v) is 5.40. The van der Waals surface area contributed by atoms with Gasteiger partial charge in [-0.15, -0.1) is 10.2 Å². The van der Waals surface area contributed by atoms with Crippen molar-refractivity contribution in [1.29, 1.82) is 0 Å². The molecule has 0 saturated carbocycles. The Hall–Kier alpha value is -2.27. The molecule has 3 nitrogen and oxygen atoms in total. The Morgan fingerprint density at radius 1 is 0.857 bits per heavy atom. The van der Waals surface area contributed by atoms with Gasteiger partial charge in [0.2, 0.25) is 0 Å². The minimum atomic E-state index is -0.217. The van der Waals surface area contributed by atoms with Crippen molar-refractivity contribution in [3.05, 3.63) is 72.3 Å². The number of hydrogen-bond donors (Lipinski definition) is 0. The zero-order valence-corrected chi connectivity index (χ0v) is 11.9. The molecule has 0 aliphatic rings. The van der Waals surface area contributed by atoms with Gasteiger partial charge in [-0.25, -0.2) is 4.39 Å². The lowest BCUT2D eigenvalue weighted by Gasteiger charge is -2.03. The van der Waals surface area contributed by atoms with Gasteiger partial charge in [0.05, 0.1) is 5.69 Å². The third kappa shape index (κ3) is 3.64. The highest BCUT2D eigenvalue weighted by Crippen LogP contribution is 2.22. The number of pyridine rings is 1. The molecule has 2 heterocycles. The standard InChI is InChI=1S/C16H12FN3S/c17-14-3-1-12(2-4-14)11-21-16-6-5-15(19-20-16)13-7-9-18-10-8-13/h1-10H,11H2. The zero-order valence-electron chi connectivity index (χ0n) is 11.1. The summed E-state index contributed by atoms with van der Waals surface area (Å²) in [5.41, 5.74) is 2.87. The number of benzene rings is 1. The number of halogens is 1. The van der Waals surface area contributed by atoms with Crippen LogP contribution in [-0.2, 0) is 5.75 Å². The monoisotopic (exact) mass is 297 g/mol. The molecule has 0 saturated heterocycles. The highest BCUT2D eigenvalue weighted by molar-refractivity contribution is 7.98. The molecule has 0 fully saturated rings. The van der Waals surface area contributed by atoms with Gasteiger partial charge in [0.1, 0.15) is 10.8 Å². The van der Waals surface area contributed by atoms with Crippen molar-refractivity contribution in [2.75, 3.05) is 0 Å². The van der Waals surface area contributed by atoms with Crippen LogP contribution in [0.2, 0.25) is 0 Å². The fourth-order valence-corrected chi connectivity index (χ4v) is 2.58. The minimum absolute atomic E-state index is 0.217. The number of nitrogens with zero attached hydrogens (tertiary/aromatic N) is 3. The van der Waals surface area contributed by atoms with E-state index in [2.05, 4.69) is 15.2 Å². The van der Waals surface area contributed by atoms with Gasteiger partial charge in [0.15, 0.2) is 0 Å². The van der Waals surface area contributed by atoms with Gasteiger partial charge in [0.25, 0.3) is 0 Å². The van der Waals surface area contributed by atoms with E-state index in [1.165, 1.54) is 12.1 Å². The molecule has 1 aromatic carbocycles. The van der Waals surface area contributed by atoms with Crippen LogP contribution >= 0.6 is 11.8 Å². The zero-order chi connectivity index (χ0) is 14.5. The number of hydrogen-bond acceptors (Lipinski definition) is 4. The molecule has 0 aliphatic heterocycles. The maximum atomic E-state index is 12.8. The summed E-state index contributed by atoms with van der Waals surface area (Å²) in [7, 11) is 0. The molecule has 21 heavy (non-hydrogen) atoms. The first-order valence-corrected chi connectivity index (χ1v) is 7.41. The highest BCUT2D eigenvalue weighted by atomic mass is 32.2. The van der Waals surface area contributed by atoms with Crippen molar-refractivity contribution >= 4 is 11.8 Å². The van der Waals surface area contributed by atoms with E-state index < -0.39 is 0 Å². The molecule has 0 aliphatic carbocycles. The lowest BCUT2D eigenvalue weighted by molar-refractivity contribution is 0.627. The largest absolute Gasteiger partial charge is 0.265 e. The molecule has 3 rings (SSSR count). The van der Waals surface area contributed by atoms with Gasteiger partial charge in [-0.3, -0.25) is 4.98 Å². The SMILES string of the molecule is Fc1ccc(CSc2ccc(-c3ccncc3)nn2)cc1. The Morgan fingerprint density at radius 3 is 2.29 bits per heavy atom. The molecule has 2 aromatic heterocycles. The van der Waals surface area contributed by atoms with Crippen LogP contribution in [-0.4, -0.2) is 15.2 Å². The Morgan fingerprint density at radius 2 is 1.62 bits per heavy atom. The second-order valence-electron chi connectivity index (χ2n) is 4.41. The van der Waals surface area contributed by atoms with Gasteiger partial charge >= 0.3 is 0 Å². The van der Waals surface area contributed by atoms with Gasteiger partial charge in [-0.2, -0.15) is 0 Å². The van der Waals surface area contributed by atoms with Crippen LogP contribution in [0.5, 0.6) is 0 Å². The van der Waals surface area contributed by atoms with Crippen molar-refractivity contribution in [1.82, 2.24) is 15.2 Å². The van der Waals surface area contributed by atoms with Crippen molar-refractivity contribution in [2.24, 2.45) is 0 Å². The second kappa shape index (κ2) is 6.45. The molecule has 0 N–H and O–H groups in total. The highest BCUT2D eigenvalue weighted by Gasteiger charge is 2.02. The van der Waals surface area contributed by atoms with Crippen molar-refractivity contribution in [3.63, 3.8) is 0 Å². The third-order valence-electron chi connectivity index (χ3n) is 2.92. The lowest BCUT2D eigenvalue weighted by atomic mass is 10.2. The molecule has 0 amide bonds. The summed E-state index contributed by atoms with van der Waals surface area (Å²) in [5, 5.41) is 9.27. The maximum Gasteiger partial charge on any atom is 0.123 e. The quantitative estimate of drug-likeness (QED) is 0.683. The Labute approximate surface area is 126 Å². The average Bonchev–Trinajstić information content (AvgIpc) is 2.56. The minimum Gasteiger partial charge on any atom is -0.265 e. The van der Waals surface area contributed by atoms with E-state index in [0.29, 0.717) is 0 Å². The van der Waals surface area contributed by atoms with Crippen LogP contribution in [0, 0.1) is 5.82 Å². The molecule has 0 unspecified atom stereocenters. The fourth-order valence-electron chi connectivity index (χ4n) is 1.81. The van der Waals surface area contributed by atoms with Crippen LogP contribution in [0.1, 0.15) is 5.56 Å².